The third kappa shape index (κ3) is 3.33. The average molecular weight is 319 g/mol. The first kappa shape index (κ1) is 17.3. The second-order valence-electron chi connectivity index (χ2n) is 6.35. The van der Waals surface area contributed by atoms with E-state index in [4.69, 9.17) is 9.47 Å². The summed E-state index contributed by atoms with van der Waals surface area (Å²) in [6, 6.07) is 5.01. The SMILES string of the molecule is CCCOC(=O)C(CC)N1C(=O)C(C)(C)Oc2ccc(C)cc21. The number of anilines is 1. The molecule has 126 valence electrons. The van der Waals surface area contributed by atoms with Gasteiger partial charge in [0.1, 0.15) is 11.8 Å². The minimum Gasteiger partial charge on any atom is -0.476 e. The molecule has 1 aliphatic heterocycles. The Labute approximate surface area is 137 Å². The molecule has 0 saturated heterocycles. The molecule has 5 nitrogen and oxygen atoms in total. The van der Waals surface area contributed by atoms with Gasteiger partial charge in [0.25, 0.3) is 5.91 Å². The van der Waals surface area contributed by atoms with Gasteiger partial charge in [0, 0.05) is 0 Å². The topological polar surface area (TPSA) is 55.8 Å². The van der Waals surface area contributed by atoms with Crippen LogP contribution in [0.1, 0.15) is 46.1 Å². The maximum atomic E-state index is 12.9. The molecule has 1 unspecified atom stereocenters. The van der Waals surface area contributed by atoms with E-state index in [0.717, 1.165) is 12.0 Å². The number of hydrogen-bond donors (Lipinski definition) is 0. The van der Waals surface area contributed by atoms with E-state index in [2.05, 4.69) is 0 Å². The molecule has 0 fully saturated rings. The van der Waals surface area contributed by atoms with Crippen molar-refractivity contribution in [2.45, 2.75) is 59.1 Å². The van der Waals surface area contributed by atoms with Gasteiger partial charge in [0.2, 0.25) is 0 Å². The van der Waals surface area contributed by atoms with Crippen molar-refractivity contribution in [1.29, 1.82) is 0 Å². The summed E-state index contributed by atoms with van der Waals surface area (Å²) in [5, 5.41) is 0. The van der Waals surface area contributed by atoms with E-state index in [1.807, 2.05) is 39.0 Å². The van der Waals surface area contributed by atoms with Crippen molar-refractivity contribution in [2.75, 3.05) is 11.5 Å². The largest absolute Gasteiger partial charge is 0.476 e. The number of esters is 1. The van der Waals surface area contributed by atoms with Gasteiger partial charge in [-0.1, -0.05) is 19.9 Å². The molecule has 1 aliphatic rings. The van der Waals surface area contributed by atoms with Crippen LogP contribution < -0.4 is 9.64 Å². The quantitative estimate of drug-likeness (QED) is 0.782. The Kier molecular flexibility index (Phi) is 4.97. The maximum absolute atomic E-state index is 12.9. The Balaban J connectivity index is 2.47. The molecule has 1 amide bonds. The molecule has 5 heteroatoms. The number of hydrogen-bond acceptors (Lipinski definition) is 4. The van der Waals surface area contributed by atoms with Crippen LogP contribution in [0, 0.1) is 6.92 Å². The zero-order chi connectivity index (χ0) is 17.2. The standard InChI is InChI=1S/C18H25NO4/c1-6-10-22-16(20)13(7-2)19-14-11-12(3)8-9-15(14)23-18(4,5)17(19)21/h8-9,11,13H,6-7,10H2,1-5H3. The predicted molar refractivity (Wildman–Crippen MR) is 88.7 cm³/mol. The van der Waals surface area contributed by atoms with Gasteiger partial charge in [-0.3, -0.25) is 9.69 Å². The van der Waals surface area contributed by atoms with Gasteiger partial charge in [0.05, 0.1) is 12.3 Å². The van der Waals surface area contributed by atoms with Crippen LogP contribution in [0.2, 0.25) is 0 Å². The fraction of sp³-hybridized carbons (Fsp3) is 0.556. The van der Waals surface area contributed by atoms with Gasteiger partial charge in [-0.15, -0.1) is 0 Å². The number of amides is 1. The third-order valence-electron chi connectivity index (χ3n) is 3.89. The second kappa shape index (κ2) is 6.60. The predicted octanol–water partition coefficient (Wildman–Crippen LogP) is 3.23. The van der Waals surface area contributed by atoms with Gasteiger partial charge >= 0.3 is 5.97 Å². The molecule has 0 bridgehead atoms. The molecule has 0 radical (unpaired) electrons. The van der Waals surface area contributed by atoms with Gasteiger partial charge in [0.15, 0.2) is 5.60 Å². The Morgan fingerprint density at radius 1 is 1.35 bits per heavy atom. The summed E-state index contributed by atoms with van der Waals surface area (Å²) in [4.78, 5) is 26.9. The fourth-order valence-electron chi connectivity index (χ4n) is 2.68. The van der Waals surface area contributed by atoms with E-state index < -0.39 is 11.6 Å². The number of carbonyl (C=O) groups is 2. The highest BCUT2D eigenvalue weighted by Crippen LogP contribution is 2.40. The molecule has 0 aliphatic carbocycles. The maximum Gasteiger partial charge on any atom is 0.329 e. The van der Waals surface area contributed by atoms with Crippen LogP contribution in [-0.2, 0) is 14.3 Å². The molecule has 2 rings (SSSR count). The van der Waals surface area contributed by atoms with Gasteiger partial charge in [-0.25, -0.2) is 4.79 Å². The van der Waals surface area contributed by atoms with Crippen LogP contribution in [-0.4, -0.2) is 30.1 Å². The lowest BCUT2D eigenvalue weighted by molar-refractivity contribution is -0.148. The summed E-state index contributed by atoms with van der Waals surface area (Å²) in [5.74, 6) is 0.0192. The Bertz CT molecular complexity index is 609. The molecular formula is C18H25NO4. The van der Waals surface area contributed by atoms with Crippen molar-refractivity contribution >= 4 is 17.6 Å². The number of nitrogens with zero attached hydrogens (tertiary/aromatic N) is 1. The summed E-state index contributed by atoms with van der Waals surface area (Å²) >= 11 is 0. The van der Waals surface area contributed by atoms with Crippen LogP contribution in [0.25, 0.3) is 0 Å². The molecular weight excluding hydrogens is 294 g/mol. The van der Waals surface area contributed by atoms with Crippen LogP contribution in [0.5, 0.6) is 5.75 Å². The molecule has 0 saturated carbocycles. The summed E-state index contributed by atoms with van der Waals surface area (Å²) in [5.41, 5.74) is 0.622. The third-order valence-corrected chi connectivity index (χ3v) is 3.89. The van der Waals surface area contributed by atoms with Crippen molar-refractivity contribution in [3.63, 3.8) is 0 Å². The Morgan fingerprint density at radius 3 is 2.65 bits per heavy atom. The Hall–Kier alpha value is -2.04. The summed E-state index contributed by atoms with van der Waals surface area (Å²) in [7, 11) is 0. The lowest BCUT2D eigenvalue weighted by atomic mass is 9.99. The fourth-order valence-corrected chi connectivity index (χ4v) is 2.68. The lowest BCUT2D eigenvalue weighted by Crippen LogP contribution is -2.58. The van der Waals surface area contributed by atoms with Gasteiger partial charge in [-0.05, 0) is 51.3 Å². The minimum atomic E-state index is -1.01. The molecule has 1 atom stereocenters. The number of aryl methyl sites for hydroxylation is 1. The van der Waals surface area contributed by atoms with Crippen molar-refractivity contribution < 1.29 is 19.1 Å². The first-order valence-corrected chi connectivity index (χ1v) is 8.11. The van der Waals surface area contributed by atoms with E-state index in [1.54, 1.807) is 18.7 Å². The number of ether oxygens (including phenoxy) is 2. The molecule has 0 spiro atoms. The molecule has 0 aromatic heterocycles. The minimum absolute atomic E-state index is 0.226. The normalized spacial score (nSPS) is 17.3. The van der Waals surface area contributed by atoms with Crippen LogP contribution >= 0.6 is 0 Å². The summed E-state index contributed by atoms with van der Waals surface area (Å²) in [6.07, 6.45) is 1.23. The second-order valence-corrected chi connectivity index (χ2v) is 6.35. The first-order chi connectivity index (χ1) is 10.8. The summed E-state index contributed by atoms with van der Waals surface area (Å²) < 4.78 is 11.1. The zero-order valence-electron chi connectivity index (χ0n) is 14.5. The number of rotatable bonds is 5. The molecule has 1 heterocycles. The number of carbonyl (C=O) groups excluding carboxylic acids is 2. The van der Waals surface area contributed by atoms with Crippen LogP contribution in [0.4, 0.5) is 5.69 Å². The van der Waals surface area contributed by atoms with E-state index in [0.29, 0.717) is 24.5 Å². The van der Waals surface area contributed by atoms with Crippen LogP contribution in [0.3, 0.4) is 0 Å². The molecule has 0 N–H and O–H groups in total. The monoisotopic (exact) mass is 319 g/mol. The highest BCUT2D eigenvalue weighted by molar-refractivity contribution is 6.06. The lowest BCUT2D eigenvalue weighted by Gasteiger charge is -2.41. The Morgan fingerprint density at radius 2 is 2.04 bits per heavy atom. The highest BCUT2D eigenvalue weighted by Gasteiger charge is 2.45. The molecule has 1 aromatic carbocycles. The summed E-state index contributed by atoms with van der Waals surface area (Å²) in [6.45, 7) is 9.56. The van der Waals surface area contributed by atoms with Crippen molar-refractivity contribution in [3.05, 3.63) is 23.8 Å². The number of benzene rings is 1. The van der Waals surface area contributed by atoms with E-state index in [9.17, 15) is 9.59 Å². The van der Waals surface area contributed by atoms with E-state index in [1.165, 1.54) is 0 Å². The first-order valence-electron chi connectivity index (χ1n) is 8.11. The van der Waals surface area contributed by atoms with Gasteiger partial charge < -0.3 is 9.47 Å². The number of fused-ring (bicyclic) bond motifs is 1. The van der Waals surface area contributed by atoms with Crippen molar-refractivity contribution in [3.8, 4) is 5.75 Å². The smallest absolute Gasteiger partial charge is 0.329 e. The van der Waals surface area contributed by atoms with Crippen LogP contribution in [0.15, 0.2) is 18.2 Å². The zero-order valence-corrected chi connectivity index (χ0v) is 14.5. The van der Waals surface area contributed by atoms with Gasteiger partial charge in [-0.2, -0.15) is 0 Å². The average Bonchev–Trinajstić information content (AvgIpc) is 2.50. The van der Waals surface area contributed by atoms with Crippen molar-refractivity contribution in [2.24, 2.45) is 0 Å². The molecule has 23 heavy (non-hydrogen) atoms. The van der Waals surface area contributed by atoms with E-state index >= 15 is 0 Å². The van der Waals surface area contributed by atoms with Crippen molar-refractivity contribution in [1.82, 2.24) is 0 Å². The molecule has 1 aromatic rings. The highest BCUT2D eigenvalue weighted by atomic mass is 16.5. The van der Waals surface area contributed by atoms with E-state index in [-0.39, 0.29) is 11.9 Å².